The normalized spacial score (nSPS) is 24.3. The van der Waals surface area contributed by atoms with Crippen molar-refractivity contribution in [1.29, 1.82) is 0 Å². The predicted octanol–water partition coefficient (Wildman–Crippen LogP) is 0.0869. The molecule has 0 bridgehead atoms. The number of sulfonamides is 1. The van der Waals surface area contributed by atoms with E-state index in [-0.39, 0.29) is 16.4 Å². The number of ether oxygens (including phenoxy) is 1. The number of sulfone groups is 1. The van der Waals surface area contributed by atoms with Crippen LogP contribution in [0.25, 0.3) is 0 Å². The number of rotatable bonds is 3. The van der Waals surface area contributed by atoms with Gasteiger partial charge in [0.1, 0.15) is 5.75 Å². The van der Waals surface area contributed by atoms with Crippen LogP contribution in [0.4, 0.5) is 0 Å². The van der Waals surface area contributed by atoms with Gasteiger partial charge in [0, 0.05) is 12.5 Å². The van der Waals surface area contributed by atoms with Crippen molar-refractivity contribution in [1.82, 2.24) is 4.72 Å². The molecule has 2 aliphatic heterocycles. The van der Waals surface area contributed by atoms with Gasteiger partial charge in [-0.05, 0) is 30.2 Å². The van der Waals surface area contributed by atoms with Gasteiger partial charge in [0.05, 0.1) is 23.0 Å². The Morgan fingerprint density at radius 2 is 2.10 bits per heavy atom. The third-order valence-corrected chi connectivity index (χ3v) is 6.81. The molecule has 1 aromatic carbocycles. The Labute approximate surface area is 118 Å². The first-order chi connectivity index (χ1) is 9.36. The third-order valence-electron chi connectivity index (χ3n) is 3.53. The highest BCUT2D eigenvalue weighted by Gasteiger charge is 2.31. The molecule has 1 N–H and O–H groups in total. The molecule has 0 spiro atoms. The van der Waals surface area contributed by atoms with Crippen molar-refractivity contribution in [2.75, 3.05) is 18.1 Å². The highest BCUT2D eigenvalue weighted by atomic mass is 32.2. The molecule has 0 amide bonds. The van der Waals surface area contributed by atoms with Gasteiger partial charge < -0.3 is 4.74 Å². The van der Waals surface area contributed by atoms with Gasteiger partial charge in [-0.15, -0.1) is 0 Å². The SMILES string of the molecule is O=S1(=O)CCC(NS(=O)(=O)c2ccc3c(c2)CCO3)C1. The van der Waals surface area contributed by atoms with E-state index >= 15 is 0 Å². The lowest BCUT2D eigenvalue weighted by Gasteiger charge is -2.12. The standard InChI is InChI=1S/C12H15NO5S2/c14-19(15)6-4-10(8-19)13-20(16,17)11-1-2-12-9(7-11)3-5-18-12/h1-2,7,10,13H,3-6,8H2. The van der Waals surface area contributed by atoms with Crippen LogP contribution >= 0.6 is 0 Å². The van der Waals surface area contributed by atoms with Crippen molar-refractivity contribution in [3.8, 4) is 5.75 Å². The average molecular weight is 317 g/mol. The molecular weight excluding hydrogens is 302 g/mol. The van der Waals surface area contributed by atoms with Crippen LogP contribution in [-0.2, 0) is 26.3 Å². The van der Waals surface area contributed by atoms with E-state index in [1.54, 1.807) is 12.1 Å². The second-order valence-corrected chi connectivity index (χ2v) is 9.03. The predicted molar refractivity (Wildman–Crippen MR) is 73.0 cm³/mol. The summed E-state index contributed by atoms with van der Waals surface area (Å²) in [6.45, 7) is 0.563. The number of benzene rings is 1. The van der Waals surface area contributed by atoms with Crippen molar-refractivity contribution in [3.05, 3.63) is 23.8 Å². The van der Waals surface area contributed by atoms with Crippen molar-refractivity contribution < 1.29 is 21.6 Å². The first kappa shape index (κ1) is 13.8. The van der Waals surface area contributed by atoms with E-state index in [0.29, 0.717) is 25.2 Å². The molecule has 0 radical (unpaired) electrons. The molecule has 1 fully saturated rings. The van der Waals surface area contributed by atoms with E-state index in [9.17, 15) is 16.8 Å². The smallest absolute Gasteiger partial charge is 0.240 e. The minimum Gasteiger partial charge on any atom is -0.493 e. The van der Waals surface area contributed by atoms with E-state index in [4.69, 9.17) is 4.74 Å². The quantitative estimate of drug-likeness (QED) is 0.853. The maximum Gasteiger partial charge on any atom is 0.240 e. The first-order valence-electron chi connectivity index (χ1n) is 6.34. The molecule has 8 heteroatoms. The molecule has 1 saturated heterocycles. The van der Waals surface area contributed by atoms with Crippen LogP contribution in [0.2, 0.25) is 0 Å². The fourth-order valence-corrected chi connectivity index (χ4v) is 5.61. The van der Waals surface area contributed by atoms with Crippen molar-refractivity contribution >= 4 is 19.9 Å². The molecule has 0 saturated carbocycles. The highest BCUT2D eigenvalue weighted by Crippen LogP contribution is 2.27. The Morgan fingerprint density at radius 1 is 1.30 bits per heavy atom. The minimum absolute atomic E-state index is 0.0399. The molecule has 1 unspecified atom stereocenters. The lowest BCUT2D eigenvalue weighted by Crippen LogP contribution is -2.35. The van der Waals surface area contributed by atoms with E-state index in [0.717, 1.165) is 5.56 Å². The van der Waals surface area contributed by atoms with Crippen molar-refractivity contribution in [2.45, 2.75) is 23.8 Å². The topological polar surface area (TPSA) is 89.5 Å². The average Bonchev–Trinajstić information content (AvgIpc) is 2.94. The summed E-state index contributed by atoms with van der Waals surface area (Å²) in [6, 6.07) is 4.18. The number of nitrogens with one attached hydrogen (secondary N) is 1. The van der Waals surface area contributed by atoms with Crippen LogP contribution < -0.4 is 9.46 Å². The number of hydrogen-bond donors (Lipinski definition) is 1. The zero-order valence-electron chi connectivity index (χ0n) is 10.7. The second kappa shape index (κ2) is 4.71. The Hall–Kier alpha value is -1.12. The molecule has 110 valence electrons. The molecule has 1 aromatic rings. The van der Waals surface area contributed by atoms with Gasteiger partial charge in [0.2, 0.25) is 10.0 Å². The summed E-state index contributed by atoms with van der Waals surface area (Å²) >= 11 is 0. The molecule has 0 aromatic heterocycles. The van der Waals surface area contributed by atoms with Crippen LogP contribution in [0.1, 0.15) is 12.0 Å². The summed E-state index contributed by atoms with van der Waals surface area (Å²) in [5.74, 6) is 0.630. The van der Waals surface area contributed by atoms with Crippen molar-refractivity contribution in [3.63, 3.8) is 0 Å². The minimum atomic E-state index is -3.69. The number of hydrogen-bond acceptors (Lipinski definition) is 5. The van der Waals surface area contributed by atoms with Gasteiger partial charge >= 0.3 is 0 Å². The van der Waals surface area contributed by atoms with Gasteiger partial charge in [-0.2, -0.15) is 0 Å². The summed E-state index contributed by atoms with van der Waals surface area (Å²) in [5.41, 5.74) is 0.868. The second-order valence-electron chi connectivity index (χ2n) is 5.09. The Bertz CT molecular complexity index is 739. The number of fused-ring (bicyclic) bond motifs is 1. The van der Waals surface area contributed by atoms with Crippen LogP contribution in [-0.4, -0.2) is 41.0 Å². The van der Waals surface area contributed by atoms with E-state index in [2.05, 4.69) is 4.72 Å². The zero-order chi connectivity index (χ0) is 14.4. The molecular formula is C12H15NO5S2. The summed E-state index contributed by atoms with van der Waals surface area (Å²) < 4.78 is 55.0. The molecule has 0 aliphatic carbocycles. The molecule has 2 heterocycles. The maximum atomic E-state index is 12.3. The van der Waals surface area contributed by atoms with Gasteiger partial charge in [-0.3, -0.25) is 0 Å². The summed E-state index contributed by atoms with van der Waals surface area (Å²) in [6.07, 6.45) is 1.02. The van der Waals surface area contributed by atoms with Gasteiger partial charge in [0.15, 0.2) is 9.84 Å². The fraction of sp³-hybridized carbons (Fsp3) is 0.500. The molecule has 2 aliphatic rings. The van der Waals surface area contributed by atoms with E-state index < -0.39 is 25.9 Å². The lowest BCUT2D eigenvalue weighted by molar-refractivity contribution is 0.356. The largest absolute Gasteiger partial charge is 0.493 e. The van der Waals surface area contributed by atoms with E-state index in [1.165, 1.54) is 6.07 Å². The van der Waals surface area contributed by atoms with Crippen molar-refractivity contribution in [2.24, 2.45) is 0 Å². The lowest BCUT2D eigenvalue weighted by atomic mass is 10.2. The zero-order valence-corrected chi connectivity index (χ0v) is 12.3. The van der Waals surface area contributed by atoms with E-state index in [1.807, 2.05) is 0 Å². The van der Waals surface area contributed by atoms with Gasteiger partial charge in [-0.1, -0.05) is 0 Å². The summed E-state index contributed by atoms with van der Waals surface area (Å²) in [7, 11) is -6.79. The molecule has 3 rings (SSSR count). The highest BCUT2D eigenvalue weighted by molar-refractivity contribution is 7.92. The van der Waals surface area contributed by atoms with Crippen LogP contribution in [0.15, 0.2) is 23.1 Å². The Balaban J connectivity index is 1.82. The summed E-state index contributed by atoms with van der Waals surface area (Å²) in [4.78, 5) is 0.158. The molecule has 6 nitrogen and oxygen atoms in total. The monoisotopic (exact) mass is 317 g/mol. The van der Waals surface area contributed by atoms with Gasteiger partial charge in [0.25, 0.3) is 0 Å². The summed E-state index contributed by atoms with van der Waals surface area (Å²) in [5, 5.41) is 0. The Kier molecular flexibility index (Phi) is 3.26. The maximum absolute atomic E-state index is 12.3. The van der Waals surface area contributed by atoms with Crippen LogP contribution in [0.3, 0.4) is 0 Å². The Morgan fingerprint density at radius 3 is 2.80 bits per heavy atom. The fourth-order valence-electron chi connectivity index (χ4n) is 2.51. The van der Waals surface area contributed by atoms with Gasteiger partial charge in [-0.25, -0.2) is 21.6 Å². The third kappa shape index (κ3) is 2.68. The van der Waals surface area contributed by atoms with Crippen LogP contribution in [0, 0.1) is 0 Å². The molecule has 20 heavy (non-hydrogen) atoms. The molecule has 1 atom stereocenters. The first-order valence-corrected chi connectivity index (χ1v) is 9.65. The van der Waals surface area contributed by atoms with Crippen LogP contribution in [0.5, 0.6) is 5.75 Å².